The molecule has 1 aromatic rings. The van der Waals surface area contributed by atoms with Crippen molar-refractivity contribution in [1.82, 2.24) is 9.80 Å². The van der Waals surface area contributed by atoms with E-state index in [1.54, 1.807) is 7.11 Å². The number of imide groups is 2. The lowest BCUT2D eigenvalue weighted by molar-refractivity contribution is -0.940. The maximum Gasteiger partial charge on any atom is 0.338 e. The lowest BCUT2D eigenvalue weighted by Gasteiger charge is -2.35. The molecule has 0 radical (unpaired) electrons. The number of nitrogens with zero attached hydrogens (tertiary/aromatic N) is 2. The fourth-order valence-corrected chi connectivity index (χ4v) is 3.82. The van der Waals surface area contributed by atoms with Gasteiger partial charge < -0.3 is 19.1 Å². The fourth-order valence-electron chi connectivity index (χ4n) is 3.82. The number of benzene rings is 1. The molecule has 2 atom stereocenters. The Kier molecular flexibility index (Phi) is 5.73. The summed E-state index contributed by atoms with van der Waals surface area (Å²) in [6.45, 7) is 0.530. The second-order valence-electron chi connectivity index (χ2n) is 6.94. The number of hydrogen-bond acceptors (Lipinski definition) is 7. The highest BCUT2D eigenvalue weighted by atomic mass is 16.5. The van der Waals surface area contributed by atoms with Gasteiger partial charge in [0.25, 0.3) is 0 Å². The van der Waals surface area contributed by atoms with Gasteiger partial charge in [-0.05, 0) is 17.7 Å². The van der Waals surface area contributed by atoms with E-state index in [2.05, 4.69) is 0 Å². The number of carbonyl (C=O) groups excluding carboxylic acids is 4. The summed E-state index contributed by atoms with van der Waals surface area (Å²) in [5.74, 6) is -1.03. The Bertz CT molecular complexity index is 870. The molecule has 29 heavy (non-hydrogen) atoms. The minimum Gasteiger partial charge on any atom is -0.493 e. The summed E-state index contributed by atoms with van der Waals surface area (Å²) in [4.78, 5) is 50.9. The van der Waals surface area contributed by atoms with Gasteiger partial charge in [0.2, 0.25) is 0 Å². The molecule has 0 aromatic heterocycles. The number of ether oxygens (including phenoxy) is 3. The SMILES string of the molecule is COC(=O)C[C@H]1c2cc(OC)c(OC)cc2CC[NH+]1CN1C(=O)C(=O)N(C)C1=O. The molecular weight excluding hydrogens is 382 g/mol. The zero-order valence-corrected chi connectivity index (χ0v) is 16.8. The normalized spacial score (nSPS) is 21.3. The number of likely N-dealkylation sites (N-methyl/N-ethyl adjacent to an activating group) is 1. The third-order valence-electron chi connectivity index (χ3n) is 5.44. The molecule has 2 heterocycles. The van der Waals surface area contributed by atoms with Crippen LogP contribution in [-0.4, -0.2) is 75.2 Å². The Hall–Kier alpha value is -3.14. The first kappa shape index (κ1) is 20.6. The summed E-state index contributed by atoms with van der Waals surface area (Å²) in [6.07, 6.45) is 0.691. The van der Waals surface area contributed by atoms with E-state index in [1.807, 2.05) is 12.1 Å². The van der Waals surface area contributed by atoms with Crippen molar-refractivity contribution in [2.75, 3.05) is 41.6 Å². The monoisotopic (exact) mass is 406 g/mol. The lowest BCUT2D eigenvalue weighted by Crippen LogP contribution is -3.15. The summed E-state index contributed by atoms with van der Waals surface area (Å²) in [5.41, 5.74) is 1.85. The number of fused-ring (bicyclic) bond motifs is 1. The van der Waals surface area contributed by atoms with E-state index in [-0.39, 0.29) is 19.1 Å². The first-order valence-electron chi connectivity index (χ1n) is 9.12. The predicted molar refractivity (Wildman–Crippen MR) is 98.3 cm³/mol. The van der Waals surface area contributed by atoms with Crippen molar-refractivity contribution in [2.24, 2.45) is 0 Å². The third kappa shape index (κ3) is 3.63. The highest BCUT2D eigenvalue weighted by Crippen LogP contribution is 2.35. The first-order valence-corrected chi connectivity index (χ1v) is 9.12. The first-order chi connectivity index (χ1) is 13.8. The van der Waals surface area contributed by atoms with Gasteiger partial charge in [-0.1, -0.05) is 0 Å². The number of amides is 4. The minimum absolute atomic E-state index is 0.0246. The molecule has 2 aliphatic heterocycles. The summed E-state index contributed by atoms with van der Waals surface area (Å²) < 4.78 is 15.6. The fraction of sp³-hybridized carbons (Fsp3) is 0.474. The van der Waals surface area contributed by atoms with E-state index < -0.39 is 23.8 Å². The van der Waals surface area contributed by atoms with Crippen molar-refractivity contribution in [3.05, 3.63) is 23.3 Å². The molecule has 0 aliphatic carbocycles. The molecule has 1 saturated heterocycles. The van der Waals surface area contributed by atoms with Crippen LogP contribution in [0.1, 0.15) is 23.6 Å². The number of methoxy groups -OCH3 is 3. The third-order valence-corrected chi connectivity index (χ3v) is 5.44. The highest BCUT2D eigenvalue weighted by Gasteiger charge is 2.46. The van der Waals surface area contributed by atoms with Gasteiger partial charge in [0.15, 0.2) is 18.2 Å². The van der Waals surface area contributed by atoms with Gasteiger partial charge >= 0.3 is 23.8 Å². The Labute approximate surface area is 167 Å². The molecule has 0 spiro atoms. The number of carbonyl (C=O) groups is 4. The molecule has 10 heteroatoms. The quantitative estimate of drug-likeness (QED) is 0.372. The van der Waals surface area contributed by atoms with Crippen LogP contribution in [0.5, 0.6) is 11.5 Å². The number of rotatable bonds is 6. The summed E-state index contributed by atoms with van der Waals surface area (Å²) in [5, 5.41) is 0. The van der Waals surface area contributed by atoms with Gasteiger partial charge in [0, 0.05) is 19.0 Å². The Balaban J connectivity index is 1.96. The smallest absolute Gasteiger partial charge is 0.338 e. The van der Waals surface area contributed by atoms with Crippen molar-refractivity contribution in [3.63, 3.8) is 0 Å². The van der Waals surface area contributed by atoms with Crippen molar-refractivity contribution >= 4 is 23.8 Å². The average Bonchev–Trinajstić information content (AvgIpc) is 2.91. The second-order valence-corrected chi connectivity index (χ2v) is 6.94. The average molecular weight is 406 g/mol. The van der Waals surface area contributed by atoms with Crippen LogP contribution < -0.4 is 14.4 Å². The summed E-state index contributed by atoms with van der Waals surface area (Å²) in [7, 11) is 5.65. The van der Waals surface area contributed by atoms with Crippen LogP contribution in [0.25, 0.3) is 0 Å². The minimum atomic E-state index is -0.861. The summed E-state index contributed by atoms with van der Waals surface area (Å²) >= 11 is 0. The van der Waals surface area contributed by atoms with Gasteiger partial charge in [-0.3, -0.25) is 19.3 Å². The topological polar surface area (TPSA) is 107 Å². The van der Waals surface area contributed by atoms with Crippen LogP contribution in [0.15, 0.2) is 12.1 Å². The van der Waals surface area contributed by atoms with Gasteiger partial charge in [-0.25, -0.2) is 9.69 Å². The molecule has 1 N–H and O–H groups in total. The number of urea groups is 1. The molecule has 3 rings (SSSR count). The van der Waals surface area contributed by atoms with Gasteiger partial charge in [-0.2, -0.15) is 0 Å². The van der Waals surface area contributed by atoms with E-state index >= 15 is 0 Å². The van der Waals surface area contributed by atoms with Crippen LogP contribution >= 0.6 is 0 Å². The zero-order chi connectivity index (χ0) is 21.3. The van der Waals surface area contributed by atoms with E-state index in [0.29, 0.717) is 24.5 Å². The molecule has 1 unspecified atom stereocenters. The van der Waals surface area contributed by atoms with E-state index in [4.69, 9.17) is 14.2 Å². The summed E-state index contributed by atoms with van der Waals surface area (Å²) in [6, 6.07) is 2.64. The number of nitrogens with one attached hydrogen (secondary N) is 1. The Morgan fingerprint density at radius 3 is 2.31 bits per heavy atom. The zero-order valence-electron chi connectivity index (χ0n) is 16.8. The van der Waals surface area contributed by atoms with E-state index in [0.717, 1.165) is 25.8 Å². The van der Waals surface area contributed by atoms with Crippen molar-refractivity contribution < 1.29 is 38.3 Å². The number of esters is 1. The van der Waals surface area contributed by atoms with Gasteiger partial charge in [-0.15, -0.1) is 0 Å². The number of quaternary nitrogens is 1. The standard InChI is InChI=1S/C19H23N3O7/c1-20-17(24)18(25)22(19(20)26)10-21-6-5-11-7-14(27-2)15(28-3)8-12(11)13(21)9-16(23)29-4/h7-8,13H,5-6,9-10H2,1-4H3/p+1/t13-/m0/s1. The van der Waals surface area contributed by atoms with Gasteiger partial charge in [0.1, 0.15) is 12.5 Å². The molecule has 10 nitrogen and oxygen atoms in total. The Morgan fingerprint density at radius 1 is 1.10 bits per heavy atom. The van der Waals surface area contributed by atoms with Crippen molar-refractivity contribution in [2.45, 2.75) is 18.9 Å². The van der Waals surface area contributed by atoms with Crippen LogP contribution in [0, 0.1) is 0 Å². The van der Waals surface area contributed by atoms with Crippen LogP contribution in [-0.2, 0) is 25.5 Å². The highest BCUT2D eigenvalue weighted by molar-refractivity contribution is 6.44. The predicted octanol–water partition coefficient (Wildman–Crippen LogP) is -0.873. The van der Waals surface area contributed by atoms with Crippen molar-refractivity contribution in [1.29, 1.82) is 0 Å². The van der Waals surface area contributed by atoms with E-state index in [1.165, 1.54) is 21.3 Å². The molecule has 0 saturated carbocycles. The largest absolute Gasteiger partial charge is 0.493 e. The second kappa shape index (κ2) is 8.08. The maximum absolute atomic E-state index is 12.3. The molecule has 156 valence electrons. The van der Waals surface area contributed by atoms with Crippen molar-refractivity contribution in [3.8, 4) is 11.5 Å². The van der Waals surface area contributed by atoms with Crippen LogP contribution in [0.4, 0.5) is 4.79 Å². The lowest BCUT2D eigenvalue weighted by atomic mass is 9.90. The van der Waals surface area contributed by atoms with Crippen LogP contribution in [0.3, 0.4) is 0 Å². The van der Waals surface area contributed by atoms with Gasteiger partial charge in [0.05, 0.1) is 27.9 Å². The molecule has 0 bridgehead atoms. The van der Waals surface area contributed by atoms with Crippen LogP contribution in [0.2, 0.25) is 0 Å². The molecular formula is C19H24N3O7+. The molecule has 2 aliphatic rings. The molecule has 1 fully saturated rings. The molecule has 4 amide bonds. The van der Waals surface area contributed by atoms with E-state index in [9.17, 15) is 19.2 Å². The molecule has 1 aromatic carbocycles. The number of hydrogen-bond donors (Lipinski definition) is 1. The Morgan fingerprint density at radius 2 is 1.76 bits per heavy atom. The maximum atomic E-state index is 12.3.